The number of amides is 1. The van der Waals surface area contributed by atoms with Crippen molar-refractivity contribution in [2.45, 2.75) is 18.9 Å². The van der Waals surface area contributed by atoms with Gasteiger partial charge in [0.2, 0.25) is 0 Å². The van der Waals surface area contributed by atoms with Crippen LogP contribution >= 0.6 is 23.2 Å². The van der Waals surface area contributed by atoms with Gasteiger partial charge in [0.15, 0.2) is 11.6 Å². The molecular weight excluding hydrogens is 466 g/mol. The van der Waals surface area contributed by atoms with Crippen molar-refractivity contribution in [3.05, 3.63) is 75.7 Å². The van der Waals surface area contributed by atoms with E-state index in [2.05, 4.69) is 4.98 Å². The number of hydrogen-bond acceptors (Lipinski definition) is 5. The second kappa shape index (κ2) is 9.95. The van der Waals surface area contributed by atoms with E-state index in [-0.39, 0.29) is 29.4 Å². The summed E-state index contributed by atoms with van der Waals surface area (Å²) >= 11 is 12.1. The lowest BCUT2D eigenvalue weighted by Crippen LogP contribution is -2.31. The van der Waals surface area contributed by atoms with Crippen LogP contribution in [0.2, 0.25) is 10.0 Å². The summed E-state index contributed by atoms with van der Waals surface area (Å²) < 4.78 is 19.5. The molecule has 2 heterocycles. The number of hydrogen-bond donors (Lipinski definition) is 2. The van der Waals surface area contributed by atoms with Crippen LogP contribution in [0.1, 0.15) is 22.3 Å². The van der Waals surface area contributed by atoms with Crippen LogP contribution in [0, 0.1) is 5.82 Å². The number of nitrogens with zero attached hydrogens (tertiary/aromatic N) is 2. The first-order chi connectivity index (χ1) is 15.8. The second-order valence-corrected chi connectivity index (χ2v) is 8.69. The normalized spacial score (nSPS) is 15.6. The van der Waals surface area contributed by atoms with Crippen molar-refractivity contribution in [3.8, 4) is 16.9 Å². The standard InChI is InChI=1S/C24H23Cl2FN4O2/c25-19-5-6-20(27)22(26)18(19)8-10-33-21-11-16(12-30-23(21)29)14-1-3-15(4-2-14)24(32)31-9-7-17(28)13-31/h1-6,11-12,17H,7-10,13,28H2,(H2,29,30). The third kappa shape index (κ3) is 5.21. The molecule has 4 rings (SSSR count). The first-order valence-electron chi connectivity index (χ1n) is 10.5. The van der Waals surface area contributed by atoms with Crippen LogP contribution in [0.4, 0.5) is 10.2 Å². The Morgan fingerprint density at radius 1 is 1.18 bits per heavy atom. The van der Waals surface area contributed by atoms with E-state index in [0.29, 0.717) is 41.4 Å². The number of aromatic nitrogens is 1. The summed E-state index contributed by atoms with van der Waals surface area (Å²) in [5.74, 6) is 0.0621. The largest absolute Gasteiger partial charge is 0.489 e. The lowest BCUT2D eigenvalue weighted by molar-refractivity contribution is 0.0791. The van der Waals surface area contributed by atoms with E-state index in [4.69, 9.17) is 39.4 Å². The van der Waals surface area contributed by atoms with E-state index in [1.54, 1.807) is 29.3 Å². The summed E-state index contributed by atoms with van der Waals surface area (Å²) in [6.45, 7) is 1.44. The first kappa shape index (κ1) is 23.3. The van der Waals surface area contributed by atoms with Crippen LogP contribution in [0.15, 0.2) is 48.7 Å². The predicted octanol–water partition coefficient (Wildman–Crippen LogP) is 4.57. The van der Waals surface area contributed by atoms with Gasteiger partial charge in [0.25, 0.3) is 5.91 Å². The van der Waals surface area contributed by atoms with Gasteiger partial charge in [-0.25, -0.2) is 9.37 Å². The molecule has 1 atom stereocenters. The van der Waals surface area contributed by atoms with Gasteiger partial charge in [-0.3, -0.25) is 4.79 Å². The Labute approximate surface area is 201 Å². The third-order valence-corrected chi connectivity index (χ3v) is 6.37. The second-order valence-electron chi connectivity index (χ2n) is 7.90. The Hall–Kier alpha value is -2.87. The summed E-state index contributed by atoms with van der Waals surface area (Å²) in [6, 6.07) is 11.8. The molecule has 33 heavy (non-hydrogen) atoms. The van der Waals surface area contributed by atoms with E-state index < -0.39 is 5.82 Å². The molecule has 1 unspecified atom stereocenters. The minimum atomic E-state index is -0.534. The fraction of sp³-hybridized carbons (Fsp3) is 0.250. The Morgan fingerprint density at radius 3 is 2.64 bits per heavy atom. The number of likely N-dealkylation sites (tertiary alicyclic amines) is 1. The molecule has 1 aliphatic rings. The quantitative estimate of drug-likeness (QED) is 0.495. The van der Waals surface area contributed by atoms with Crippen molar-refractivity contribution in [1.82, 2.24) is 9.88 Å². The molecule has 0 aliphatic carbocycles. The number of nitrogens with two attached hydrogens (primary N) is 2. The zero-order valence-electron chi connectivity index (χ0n) is 17.7. The summed E-state index contributed by atoms with van der Waals surface area (Å²) in [6.07, 6.45) is 2.76. The molecule has 1 aromatic heterocycles. The summed E-state index contributed by atoms with van der Waals surface area (Å²) in [7, 11) is 0. The Morgan fingerprint density at radius 2 is 1.94 bits per heavy atom. The van der Waals surface area contributed by atoms with Gasteiger partial charge in [0.05, 0.1) is 11.6 Å². The number of carbonyl (C=O) groups is 1. The maximum atomic E-state index is 13.7. The molecule has 0 bridgehead atoms. The van der Waals surface area contributed by atoms with E-state index in [1.165, 1.54) is 12.1 Å². The van der Waals surface area contributed by atoms with E-state index in [9.17, 15) is 9.18 Å². The van der Waals surface area contributed by atoms with Crippen molar-refractivity contribution >= 4 is 34.9 Å². The maximum Gasteiger partial charge on any atom is 0.253 e. The molecule has 172 valence electrons. The third-order valence-electron chi connectivity index (χ3n) is 5.61. The highest BCUT2D eigenvalue weighted by Gasteiger charge is 2.24. The molecule has 3 aromatic rings. The average molecular weight is 489 g/mol. The van der Waals surface area contributed by atoms with E-state index in [1.807, 2.05) is 12.1 Å². The molecule has 1 amide bonds. The zero-order chi connectivity index (χ0) is 23.5. The molecule has 0 radical (unpaired) electrons. The Kier molecular flexibility index (Phi) is 7.02. The topological polar surface area (TPSA) is 94.5 Å². The molecule has 1 fully saturated rings. The van der Waals surface area contributed by atoms with Gasteiger partial charge in [-0.15, -0.1) is 0 Å². The number of ether oxygens (including phenoxy) is 1. The molecule has 2 aromatic carbocycles. The highest BCUT2D eigenvalue weighted by molar-refractivity contribution is 6.36. The van der Waals surface area contributed by atoms with Crippen molar-refractivity contribution < 1.29 is 13.9 Å². The number of nitrogen functional groups attached to an aromatic ring is 1. The molecule has 1 saturated heterocycles. The van der Waals surface area contributed by atoms with Crippen LogP contribution in [0.5, 0.6) is 5.75 Å². The van der Waals surface area contributed by atoms with Gasteiger partial charge in [-0.05, 0) is 47.9 Å². The first-order valence-corrected chi connectivity index (χ1v) is 11.2. The fourth-order valence-corrected chi connectivity index (χ4v) is 4.31. The minimum absolute atomic E-state index is 0.0171. The van der Waals surface area contributed by atoms with Crippen molar-refractivity contribution in [2.24, 2.45) is 5.73 Å². The van der Waals surface area contributed by atoms with Crippen LogP contribution in [-0.4, -0.2) is 41.5 Å². The van der Waals surface area contributed by atoms with Crippen molar-refractivity contribution in [2.75, 3.05) is 25.4 Å². The smallest absolute Gasteiger partial charge is 0.253 e. The fourth-order valence-electron chi connectivity index (χ4n) is 3.75. The van der Waals surface area contributed by atoms with Gasteiger partial charge >= 0.3 is 0 Å². The number of rotatable bonds is 6. The molecule has 0 spiro atoms. The number of benzene rings is 2. The number of pyridine rings is 1. The maximum absolute atomic E-state index is 13.7. The highest BCUT2D eigenvalue weighted by atomic mass is 35.5. The molecule has 4 N–H and O–H groups in total. The van der Waals surface area contributed by atoms with E-state index >= 15 is 0 Å². The molecular formula is C24H23Cl2FN4O2. The zero-order valence-corrected chi connectivity index (χ0v) is 19.2. The highest BCUT2D eigenvalue weighted by Crippen LogP contribution is 2.30. The Bertz CT molecular complexity index is 1170. The molecule has 0 saturated carbocycles. The number of anilines is 1. The van der Waals surface area contributed by atoms with Crippen molar-refractivity contribution in [1.29, 1.82) is 0 Å². The summed E-state index contributed by atoms with van der Waals surface area (Å²) in [5, 5.41) is 0.354. The lowest BCUT2D eigenvalue weighted by atomic mass is 10.0. The average Bonchev–Trinajstić information content (AvgIpc) is 3.25. The lowest BCUT2D eigenvalue weighted by Gasteiger charge is -2.16. The number of halogens is 3. The summed E-state index contributed by atoms with van der Waals surface area (Å²) in [4.78, 5) is 18.6. The van der Waals surface area contributed by atoms with Crippen LogP contribution < -0.4 is 16.2 Å². The van der Waals surface area contributed by atoms with Crippen molar-refractivity contribution in [3.63, 3.8) is 0 Å². The van der Waals surface area contributed by atoms with Crippen LogP contribution in [0.25, 0.3) is 11.1 Å². The van der Waals surface area contributed by atoms with Gasteiger partial charge in [-0.1, -0.05) is 35.3 Å². The van der Waals surface area contributed by atoms with Crippen LogP contribution in [-0.2, 0) is 6.42 Å². The SMILES string of the molecule is Nc1ncc(-c2ccc(C(=O)N3CCC(N)C3)cc2)cc1OCCc1c(Cl)ccc(F)c1Cl. The van der Waals surface area contributed by atoms with Gasteiger partial charge in [0, 0.05) is 47.9 Å². The van der Waals surface area contributed by atoms with E-state index in [0.717, 1.165) is 17.5 Å². The monoisotopic (exact) mass is 488 g/mol. The predicted molar refractivity (Wildman–Crippen MR) is 128 cm³/mol. The number of carbonyl (C=O) groups excluding carboxylic acids is 1. The van der Waals surface area contributed by atoms with Gasteiger partial charge < -0.3 is 21.1 Å². The van der Waals surface area contributed by atoms with Gasteiger partial charge in [-0.2, -0.15) is 0 Å². The molecule has 1 aliphatic heterocycles. The Balaban J connectivity index is 1.45. The minimum Gasteiger partial charge on any atom is -0.489 e. The molecule has 9 heteroatoms. The van der Waals surface area contributed by atoms with Crippen LogP contribution in [0.3, 0.4) is 0 Å². The van der Waals surface area contributed by atoms with Gasteiger partial charge in [0.1, 0.15) is 5.82 Å². The summed E-state index contributed by atoms with van der Waals surface area (Å²) in [5.41, 5.74) is 14.6. The molecule has 6 nitrogen and oxygen atoms in total.